The van der Waals surface area contributed by atoms with Crippen LogP contribution in [0.1, 0.15) is 45.7 Å². The van der Waals surface area contributed by atoms with Gasteiger partial charge in [-0.15, -0.1) is 5.10 Å². The number of hydrogen-bond donors (Lipinski definition) is 1. The Morgan fingerprint density at radius 1 is 1.38 bits per heavy atom. The van der Waals surface area contributed by atoms with Gasteiger partial charge in [-0.05, 0) is 30.6 Å². The summed E-state index contributed by atoms with van der Waals surface area (Å²) in [5.74, 6) is 0.949. The van der Waals surface area contributed by atoms with Crippen LogP contribution in [0.2, 0.25) is 5.15 Å². The molecule has 1 aromatic heterocycles. The van der Waals surface area contributed by atoms with E-state index in [1.54, 1.807) is 0 Å². The molecule has 2 saturated carbocycles. The highest BCUT2D eigenvalue weighted by atomic mass is 35.5. The molecule has 0 aromatic carbocycles. The third-order valence-corrected chi connectivity index (χ3v) is 5.84. The summed E-state index contributed by atoms with van der Waals surface area (Å²) in [5, 5.41) is 8.91. The van der Waals surface area contributed by atoms with Crippen LogP contribution in [0.3, 0.4) is 0 Å². The van der Waals surface area contributed by atoms with Gasteiger partial charge in [0.25, 0.3) is 0 Å². The smallest absolute Gasteiger partial charge is 0.173 e. The molecule has 0 radical (unpaired) electrons. The van der Waals surface area contributed by atoms with Crippen molar-refractivity contribution < 1.29 is 0 Å². The van der Waals surface area contributed by atoms with Crippen molar-refractivity contribution in [1.29, 1.82) is 0 Å². The highest BCUT2D eigenvalue weighted by Crippen LogP contribution is 2.63. The lowest BCUT2D eigenvalue weighted by Crippen LogP contribution is -2.32. The van der Waals surface area contributed by atoms with E-state index in [1.807, 2.05) is 0 Å². The van der Waals surface area contributed by atoms with Crippen molar-refractivity contribution in [2.24, 2.45) is 32.7 Å². The SMILES string of the molecule is CC12CCC(C/C1=N/N=C(\N)c1cncc(Cl)n1)C2(C)C. The summed E-state index contributed by atoms with van der Waals surface area (Å²) in [7, 11) is 0. The van der Waals surface area contributed by atoms with Crippen LogP contribution in [-0.2, 0) is 0 Å². The van der Waals surface area contributed by atoms with Gasteiger partial charge >= 0.3 is 0 Å². The number of nitrogens with two attached hydrogens (primary N) is 1. The molecule has 1 heterocycles. The number of hydrogen-bond acceptors (Lipinski definition) is 4. The molecule has 112 valence electrons. The van der Waals surface area contributed by atoms with Crippen LogP contribution >= 0.6 is 11.6 Å². The van der Waals surface area contributed by atoms with E-state index in [0.29, 0.717) is 16.8 Å². The third kappa shape index (κ3) is 2.14. The number of amidine groups is 1. The Morgan fingerprint density at radius 2 is 2.14 bits per heavy atom. The summed E-state index contributed by atoms with van der Waals surface area (Å²) < 4.78 is 0. The quantitative estimate of drug-likeness (QED) is 0.518. The van der Waals surface area contributed by atoms with Gasteiger partial charge in [-0.3, -0.25) is 4.98 Å². The summed E-state index contributed by atoms with van der Waals surface area (Å²) >= 11 is 5.81. The Kier molecular flexibility index (Phi) is 3.28. The number of nitrogens with zero attached hydrogens (tertiary/aromatic N) is 4. The molecule has 0 spiro atoms. The topological polar surface area (TPSA) is 76.5 Å². The predicted octanol–water partition coefficient (Wildman–Crippen LogP) is 3.04. The molecule has 2 atom stereocenters. The first kappa shape index (κ1) is 14.4. The molecule has 2 fully saturated rings. The number of rotatable bonds is 2. The van der Waals surface area contributed by atoms with Gasteiger partial charge in [0.1, 0.15) is 10.8 Å². The first-order valence-corrected chi connectivity index (χ1v) is 7.61. The van der Waals surface area contributed by atoms with Gasteiger partial charge in [0.15, 0.2) is 5.84 Å². The molecule has 2 aliphatic carbocycles. The van der Waals surface area contributed by atoms with Crippen molar-refractivity contribution in [3.63, 3.8) is 0 Å². The zero-order valence-electron chi connectivity index (χ0n) is 12.6. The van der Waals surface area contributed by atoms with Gasteiger partial charge < -0.3 is 5.73 Å². The normalized spacial score (nSPS) is 32.9. The maximum absolute atomic E-state index is 5.93. The average Bonchev–Trinajstić information content (AvgIpc) is 2.77. The lowest BCUT2D eigenvalue weighted by molar-refractivity contribution is 0.194. The van der Waals surface area contributed by atoms with Crippen molar-refractivity contribution in [3.05, 3.63) is 23.2 Å². The molecule has 2 aliphatic rings. The molecule has 2 N–H and O–H groups in total. The highest BCUT2D eigenvalue weighted by molar-refractivity contribution is 6.29. The van der Waals surface area contributed by atoms with E-state index in [1.165, 1.54) is 25.2 Å². The van der Waals surface area contributed by atoms with Gasteiger partial charge in [0, 0.05) is 11.1 Å². The lowest BCUT2D eigenvalue weighted by Gasteiger charge is -2.34. The van der Waals surface area contributed by atoms with Gasteiger partial charge in [0.2, 0.25) is 0 Å². The fraction of sp³-hybridized carbons (Fsp3) is 0.600. The van der Waals surface area contributed by atoms with Gasteiger partial charge in [-0.1, -0.05) is 32.4 Å². The van der Waals surface area contributed by atoms with Crippen LogP contribution in [0.15, 0.2) is 22.6 Å². The fourth-order valence-electron chi connectivity index (χ4n) is 3.71. The van der Waals surface area contributed by atoms with E-state index in [9.17, 15) is 0 Å². The Labute approximate surface area is 129 Å². The number of halogens is 1. The monoisotopic (exact) mass is 305 g/mol. The van der Waals surface area contributed by atoms with Crippen molar-refractivity contribution in [2.45, 2.75) is 40.0 Å². The zero-order valence-corrected chi connectivity index (χ0v) is 13.4. The molecule has 21 heavy (non-hydrogen) atoms. The van der Waals surface area contributed by atoms with Crippen LogP contribution in [0.25, 0.3) is 0 Å². The van der Waals surface area contributed by atoms with Crippen LogP contribution in [-0.4, -0.2) is 21.5 Å². The Morgan fingerprint density at radius 3 is 2.71 bits per heavy atom. The Hall–Kier alpha value is -1.49. The predicted molar refractivity (Wildman–Crippen MR) is 84.4 cm³/mol. The molecule has 3 rings (SSSR count). The van der Waals surface area contributed by atoms with E-state index in [-0.39, 0.29) is 16.7 Å². The summed E-state index contributed by atoms with van der Waals surface area (Å²) in [4.78, 5) is 8.05. The molecule has 0 saturated heterocycles. The molecular weight excluding hydrogens is 286 g/mol. The van der Waals surface area contributed by atoms with Crippen LogP contribution in [0, 0.1) is 16.7 Å². The molecule has 2 bridgehead atoms. The van der Waals surface area contributed by atoms with E-state index in [0.717, 1.165) is 12.1 Å². The highest BCUT2D eigenvalue weighted by Gasteiger charge is 2.59. The molecule has 6 heteroatoms. The van der Waals surface area contributed by atoms with E-state index in [4.69, 9.17) is 17.3 Å². The largest absolute Gasteiger partial charge is 0.380 e. The summed E-state index contributed by atoms with van der Waals surface area (Å²) in [6.07, 6.45) is 6.47. The number of fused-ring (bicyclic) bond motifs is 2. The fourth-order valence-corrected chi connectivity index (χ4v) is 3.86. The average molecular weight is 306 g/mol. The molecule has 0 amide bonds. The third-order valence-electron chi connectivity index (χ3n) is 5.66. The second-order valence-corrected chi connectivity index (χ2v) is 7.14. The van der Waals surface area contributed by atoms with E-state index in [2.05, 4.69) is 40.9 Å². The van der Waals surface area contributed by atoms with Crippen LogP contribution < -0.4 is 5.73 Å². The molecule has 0 aliphatic heterocycles. The molecule has 2 unspecified atom stereocenters. The Balaban J connectivity index is 1.89. The summed E-state index contributed by atoms with van der Waals surface area (Å²) in [6, 6.07) is 0. The minimum Gasteiger partial charge on any atom is -0.380 e. The van der Waals surface area contributed by atoms with Crippen LogP contribution in [0.5, 0.6) is 0 Å². The maximum atomic E-state index is 5.93. The molecule has 1 aromatic rings. The molecule has 5 nitrogen and oxygen atoms in total. The van der Waals surface area contributed by atoms with Crippen molar-refractivity contribution in [1.82, 2.24) is 9.97 Å². The van der Waals surface area contributed by atoms with Crippen LogP contribution in [0.4, 0.5) is 0 Å². The van der Waals surface area contributed by atoms with Gasteiger partial charge in [0.05, 0.1) is 12.4 Å². The maximum Gasteiger partial charge on any atom is 0.173 e. The van der Waals surface area contributed by atoms with Crippen molar-refractivity contribution in [2.75, 3.05) is 0 Å². The second-order valence-electron chi connectivity index (χ2n) is 6.75. The van der Waals surface area contributed by atoms with Gasteiger partial charge in [-0.2, -0.15) is 5.10 Å². The molecular formula is C15H20ClN5. The summed E-state index contributed by atoms with van der Waals surface area (Å²) in [6.45, 7) is 6.97. The Bertz CT molecular complexity index is 637. The minimum absolute atomic E-state index is 0.126. The second kappa shape index (κ2) is 4.77. The first-order chi connectivity index (χ1) is 9.84. The van der Waals surface area contributed by atoms with Crippen molar-refractivity contribution in [3.8, 4) is 0 Å². The van der Waals surface area contributed by atoms with E-state index >= 15 is 0 Å². The zero-order chi connectivity index (χ0) is 15.3. The van der Waals surface area contributed by atoms with Crippen molar-refractivity contribution >= 4 is 23.1 Å². The standard InChI is InChI=1S/C15H20ClN5/c1-14(2)9-4-5-15(14,3)11(6-9)20-21-13(17)10-7-18-8-12(16)19-10/h7-9H,4-6H2,1-3H3,(H2,17,21)/b20-11-. The minimum atomic E-state index is 0.126. The summed E-state index contributed by atoms with van der Waals surface area (Å²) in [5.41, 5.74) is 7.95. The lowest BCUT2D eigenvalue weighted by atomic mass is 9.70. The van der Waals surface area contributed by atoms with Gasteiger partial charge in [-0.25, -0.2) is 4.98 Å². The van der Waals surface area contributed by atoms with E-state index < -0.39 is 0 Å². The first-order valence-electron chi connectivity index (χ1n) is 7.23. The number of aromatic nitrogens is 2.